The fourth-order valence-electron chi connectivity index (χ4n) is 2.20. The highest BCUT2D eigenvalue weighted by Crippen LogP contribution is 2.23. The van der Waals surface area contributed by atoms with Crippen LogP contribution in [0.5, 0.6) is 5.75 Å². The monoisotopic (exact) mass is 332 g/mol. The average Bonchev–Trinajstić information content (AvgIpc) is 2.48. The molecule has 130 valence electrons. The zero-order valence-electron chi connectivity index (χ0n) is 13.1. The van der Waals surface area contributed by atoms with Crippen LogP contribution < -0.4 is 4.74 Å². The lowest BCUT2D eigenvalue weighted by Crippen LogP contribution is -2.06. The summed E-state index contributed by atoms with van der Waals surface area (Å²) < 4.78 is 41.3. The molecule has 0 saturated carbocycles. The van der Waals surface area contributed by atoms with Crippen molar-refractivity contribution < 1.29 is 27.8 Å². The van der Waals surface area contributed by atoms with E-state index in [0.29, 0.717) is 18.8 Å². The summed E-state index contributed by atoms with van der Waals surface area (Å²) >= 11 is 0. The van der Waals surface area contributed by atoms with Gasteiger partial charge in [0.1, 0.15) is 5.75 Å². The second-order valence-electron chi connectivity index (χ2n) is 5.52. The predicted octanol–water partition coefficient (Wildman–Crippen LogP) is 5.45. The number of alkyl halides is 3. The van der Waals surface area contributed by atoms with Crippen molar-refractivity contribution in [3.63, 3.8) is 0 Å². The Kier molecular flexibility index (Phi) is 8.51. The molecule has 23 heavy (non-hydrogen) atoms. The fraction of sp³-hybridized carbons (Fsp3) is 0.588. The van der Waals surface area contributed by atoms with E-state index in [1.165, 1.54) is 12.1 Å². The highest BCUT2D eigenvalue weighted by molar-refractivity contribution is 5.87. The number of benzene rings is 1. The first-order valence-electron chi connectivity index (χ1n) is 7.91. The number of carboxylic acid groups (broad SMARTS) is 1. The van der Waals surface area contributed by atoms with Crippen LogP contribution in [0.3, 0.4) is 0 Å². The molecule has 3 nitrogen and oxygen atoms in total. The highest BCUT2D eigenvalue weighted by Gasteiger charge is 2.25. The zero-order valence-corrected chi connectivity index (χ0v) is 13.1. The largest absolute Gasteiger partial charge is 0.494 e. The lowest BCUT2D eigenvalue weighted by Gasteiger charge is -2.07. The van der Waals surface area contributed by atoms with Gasteiger partial charge in [-0.2, -0.15) is 13.2 Å². The summed E-state index contributed by atoms with van der Waals surface area (Å²) in [6.07, 6.45) is 0.786. The lowest BCUT2D eigenvalue weighted by molar-refractivity contribution is -0.135. The molecule has 1 aromatic carbocycles. The number of unbranched alkanes of at least 4 members (excludes halogenated alkanes) is 6. The van der Waals surface area contributed by atoms with E-state index in [4.69, 9.17) is 9.84 Å². The SMILES string of the molecule is O=C(O)c1ccc(OCCCCCCCCCC(F)(F)F)cc1. The van der Waals surface area contributed by atoms with Crippen LogP contribution in [0.25, 0.3) is 0 Å². The second-order valence-corrected chi connectivity index (χ2v) is 5.52. The summed E-state index contributed by atoms with van der Waals surface area (Å²) in [6, 6.07) is 6.26. The quantitative estimate of drug-likeness (QED) is 0.548. The van der Waals surface area contributed by atoms with Crippen molar-refractivity contribution in [1.29, 1.82) is 0 Å². The number of hydrogen-bond acceptors (Lipinski definition) is 2. The number of halogens is 3. The van der Waals surface area contributed by atoms with Gasteiger partial charge in [-0.3, -0.25) is 0 Å². The maximum Gasteiger partial charge on any atom is 0.389 e. The van der Waals surface area contributed by atoms with Crippen LogP contribution in [0.4, 0.5) is 13.2 Å². The first-order chi connectivity index (χ1) is 10.9. The van der Waals surface area contributed by atoms with Crippen molar-refractivity contribution in [1.82, 2.24) is 0 Å². The normalized spacial score (nSPS) is 11.4. The summed E-state index contributed by atoms with van der Waals surface area (Å²) in [4.78, 5) is 10.7. The summed E-state index contributed by atoms with van der Waals surface area (Å²) in [5.41, 5.74) is 0.225. The fourth-order valence-corrected chi connectivity index (χ4v) is 2.20. The molecule has 0 aliphatic carbocycles. The molecule has 0 aliphatic heterocycles. The molecule has 0 heterocycles. The van der Waals surface area contributed by atoms with Gasteiger partial charge < -0.3 is 9.84 Å². The zero-order chi connectivity index (χ0) is 17.1. The molecule has 0 radical (unpaired) electrons. The Labute approximate surface area is 134 Å². The molecule has 0 spiro atoms. The molecule has 0 atom stereocenters. The van der Waals surface area contributed by atoms with Crippen LogP contribution in [0.15, 0.2) is 24.3 Å². The van der Waals surface area contributed by atoms with Crippen LogP contribution in [0.1, 0.15) is 61.7 Å². The third kappa shape index (κ3) is 9.81. The third-order valence-electron chi connectivity index (χ3n) is 3.47. The van der Waals surface area contributed by atoms with Gasteiger partial charge in [-0.15, -0.1) is 0 Å². The van der Waals surface area contributed by atoms with Gasteiger partial charge in [0.25, 0.3) is 0 Å². The van der Waals surface area contributed by atoms with E-state index in [1.54, 1.807) is 12.1 Å². The molecular formula is C17H23F3O3. The maximum absolute atomic E-state index is 11.9. The molecule has 1 rings (SSSR count). The van der Waals surface area contributed by atoms with Gasteiger partial charge in [-0.1, -0.05) is 32.1 Å². The molecule has 6 heteroatoms. The van der Waals surface area contributed by atoms with Crippen molar-refractivity contribution in [2.45, 2.75) is 57.5 Å². The summed E-state index contributed by atoms with van der Waals surface area (Å²) in [6.45, 7) is 0.556. The van der Waals surface area contributed by atoms with Crippen molar-refractivity contribution in [2.75, 3.05) is 6.61 Å². The molecule has 0 aromatic heterocycles. The Bertz CT molecular complexity index is 455. The minimum absolute atomic E-state index is 0.221. The Morgan fingerprint density at radius 1 is 0.913 bits per heavy atom. The van der Waals surface area contributed by atoms with Crippen molar-refractivity contribution in [3.05, 3.63) is 29.8 Å². The minimum atomic E-state index is -4.03. The van der Waals surface area contributed by atoms with Gasteiger partial charge in [-0.25, -0.2) is 4.79 Å². The Balaban J connectivity index is 1.96. The van der Waals surface area contributed by atoms with E-state index in [0.717, 1.165) is 32.1 Å². The molecule has 0 aliphatic rings. The highest BCUT2D eigenvalue weighted by atomic mass is 19.4. The standard InChI is InChI=1S/C17H23F3O3/c18-17(19,20)12-6-4-2-1-3-5-7-13-23-15-10-8-14(9-11-15)16(21)22/h8-11H,1-7,12-13H2,(H,21,22). The average molecular weight is 332 g/mol. The molecule has 0 amide bonds. The van der Waals surface area contributed by atoms with Crippen LogP contribution in [-0.4, -0.2) is 23.9 Å². The molecule has 0 saturated heterocycles. The molecule has 0 bridgehead atoms. The maximum atomic E-state index is 11.9. The molecule has 1 aromatic rings. The molecular weight excluding hydrogens is 309 g/mol. The Morgan fingerprint density at radius 2 is 1.43 bits per heavy atom. The van der Waals surface area contributed by atoms with Crippen molar-refractivity contribution in [3.8, 4) is 5.75 Å². The van der Waals surface area contributed by atoms with E-state index >= 15 is 0 Å². The van der Waals surface area contributed by atoms with Crippen LogP contribution in [0, 0.1) is 0 Å². The van der Waals surface area contributed by atoms with Gasteiger partial charge in [-0.05, 0) is 37.1 Å². The lowest BCUT2D eigenvalue weighted by atomic mass is 10.1. The van der Waals surface area contributed by atoms with Gasteiger partial charge in [0.05, 0.1) is 12.2 Å². The van der Waals surface area contributed by atoms with Crippen LogP contribution in [0.2, 0.25) is 0 Å². The number of rotatable bonds is 11. The number of hydrogen-bond donors (Lipinski definition) is 1. The van der Waals surface area contributed by atoms with Crippen LogP contribution >= 0.6 is 0 Å². The first kappa shape index (κ1) is 19.3. The van der Waals surface area contributed by atoms with E-state index < -0.39 is 18.6 Å². The van der Waals surface area contributed by atoms with Gasteiger partial charge >= 0.3 is 12.1 Å². The van der Waals surface area contributed by atoms with Gasteiger partial charge in [0.15, 0.2) is 0 Å². The molecule has 0 unspecified atom stereocenters. The van der Waals surface area contributed by atoms with Crippen LogP contribution in [-0.2, 0) is 0 Å². The Morgan fingerprint density at radius 3 is 1.96 bits per heavy atom. The van der Waals surface area contributed by atoms with E-state index in [-0.39, 0.29) is 12.0 Å². The van der Waals surface area contributed by atoms with Gasteiger partial charge in [0, 0.05) is 6.42 Å². The molecule has 1 N–H and O–H groups in total. The van der Waals surface area contributed by atoms with Crippen molar-refractivity contribution in [2.24, 2.45) is 0 Å². The number of ether oxygens (including phenoxy) is 1. The topological polar surface area (TPSA) is 46.5 Å². The minimum Gasteiger partial charge on any atom is -0.494 e. The first-order valence-corrected chi connectivity index (χ1v) is 7.91. The second kappa shape index (κ2) is 10.1. The predicted molar refractivity (Wildman–Crippen MR) is 81.9 cm³/mol. The van der Waals surface area contributed by atoms with Gasteiger partial charge in [0.2, 0.25) is 0 Å². The van der Waals surface area contributed by atoms with E-state index in [2.05, 4.69) is 0 Å². The molecule has 0 fully saturated rings. The van der Waals surface area contributed by atoms with E-state index in [1.807, 2.05) is 0 Å². The van der Waals surface area contributed by atoms with E-state index in [9.17, 15) is 18.0 Å². The number of carbonyl (C=O) groups is 1. The smallest absolute Gasteiger partial charge is 0.389 e. The third-order valence-corrected chi connectivity index (χ3v) is 3.47. The van der Waals surface area contributed by atoms with Crippen molar-refractivity contribution >= 4 is 5.97 Å². The Hall–Kier alpha value is -1.72. The summed E-state index contributed by atoms with van der Waals surface area (Å²) in [7, 11) is 0. The number of aromatic carboxylic acids is 1. The summed E-state index contributed by atoms with van der Waals surface area (Å²) in [5.74, 6) is -0.325. The summed E-state index contributed by atoms with van der Waals surface area (Å²) in [5, 5.41) is 8.77. The number of carboxylic acids is 1.